The number of halogens is 1. The van der Waals surface area contributed by atoms with Crippen LogP contribution < -0.4 is 0 Å². The molecule has 0 saturated heterocycles. The molecule has 0 atom stereocenters. The summed E-state index contributed by atoms with van der Waals surface area (Å²) in [4.78, 5) is 18.5. The zero-order chi connectivity index (χ0) is 13.4. The third-order valence-electron chi connectivity index (χ3n) is 2.61. The molecule has 3 rings (SSSR count). The van der Waals surface area contributed by atoms with Gasteiger partial charge in [-0.15, -0.1) is 0 Å². The van der Waals surface area contributed by atoms with Crippen molar-refractivity contribution in [2.75, 3.05) is 0 Å². The van der Waals surface area contributed by atoms with Crippen LogP contribution >= 0.6 is 11.6 Å². The quantitative estimate of drug-likeness (QED) is 0.406. The first-order valence-corrected chi connectivity index (χ1v) is 5.69. The molecule has 2 heterocycles. The number of nitro groups is 1. The molecule has 0 N–H and O–H groups in total. The maximum atomic E-state index is 10.8. The lowest BCUT2D eigenvalue weighted by molar-refractivity contribution is -0.401. The van der Waals surface area contributed by atoms with Gasteiger partial charge in [-0.2, -0.15) is 0 Å². The molecule has 6 nitrogen and oxygen atoms in total. The molecule has 0 spiro atoms. The molecular formula is C12H6ClN3O3. The molecule has 0 saturated carbocycles. The average molecular weight is 276 g/mol. The molecule has 2 aromatic heterocycles. The summed E-state index contributed by atoms with van der Waals surface area (Å²) >= 11 is 6.06. The van der Waals surface area contributed by atoms with Crippen molar-refractivity contribution >= 4 is 28.4 Å². The molecule has 94 valence electrons. The van der Waals surface area contributed by atoms with E-state index in [9.17, 15) is 10.1 Å². The predicted octanol–water partition coefficient (Wildman–Crippen LogP) is 3.45. The molecule has 0 bridgehead atoms. The molecule has 0 aliphatic rings. The highest BCUT2D eigenvalue weighted by Gasteiger charge is 2.22. The lowest BCUT2D eigenvalue weighted by atomic mass is 10.2. The second kappa shape index (κ2) is 4.33. The fourth-order valence-electron chi connectivity index (χ4n) is 1.77. The third-order valence-corrected chi connectivity index (χ3v) is 2.90. The third kappa shape index (κ3) is 1.92. The zero-order valence-corrected chi connectivity index (χ0v) is 10.2. The van der Waals surface area contributed by atoms with Crippen molar-refractivity contribution in [1.29, 1.82) is 0 Å². The minimum Gasteiger partial charge on any atom is -0.409 e. The van der Waals surface area contributed by atoms with E-state index in [-0.39, 0.29) is 16.5 Å². The van der Waals surface area contributed by atoms with Crippen molar-refractivity contribution in [3.8, 4) is 11.4 Å². The van der Waals surface area contributed by atoms with E-state index in [2.05, 4.69) is 9.97 Å². The van der Waals surface area contributed by atoms with Gasteiger partial charge in [0.2, 0.25) is 0 Å². The first-order chi connectivity index (χ1) is 9.16. The van der Waals surface area contributed by atoms with E-state index in [0.717, 1.165) is 0 Å². The Morgan fingerprint density at radius 1 is 1.21 bits per heavy atom. The number of benzene rings is 1. The van der Waals surface area contributed by atoms with Crippen molar-refractivity contribution in [2.45, 2.75) is 0 Å². The van der Waals surface area contributed by atoms with Crippen molar-refractivity contribution in [3.05, 3.63) is 51.9 Å². The summed E-state index contributed by atoms with van der Waals surface area (Å²) < 4.78 is 4.81. The monoisotopic (exact) mass is 275 g/mol. The molecule has 0 aliphatic heterocycles. The molecule has 19 heavy (non-hydrogen) atoms. The van der Waals surface area contributed by atoms with Crippen LogP contribution in [-0.4, -0.2) is 14.9 Å². The van der Waals surface area contributed by atoms with Crippen LogP contribution in [-0.2, 0) is 0 Å². The average Bonchev–Trinajstić information content (AvgIpc) is 2.88. The minimum absolute atomic E-state index is 0.171. The van der Waals surface area contributed by atoms with Gasteiger partial charge in [0.1, 0.15) is 15.6 Å². The normalized spacial score (nSPS) is 10.8. The Balaban J connectivity index is 2.26. The summed E-state index contributed by atoms with van der Waals surface area (Å²) in [5.41, 5.74) is 0.825. The molecule has 0 aliphatic carbocycles. The van der Waals surface area contributed by atoms with Gasteiger partial charge in [-0.3, -0.25) is 10.1 Å². The van der Waals surface area contributed by atoms with Gasteiger partial charge in [0.15, 0.2) is 5.82 Å². The standard InChI is InChI=1S/C12H6ClN3O3/c13-10-7-3-1-2-4-9(7)14-11(15-10)8-5-6-19-12(8)16(17)18/h1-6H. The first-order valence-electron chi connectivity index (χ1n) is 5.31. The number of fused-ring (bicyclic) bond motifs is 1. The highest BCUT2D eigenvalue weighted by atomic mass is 35.5. The lowest BCUT2D eigenvalue weighted by Gasteiger charge is -2.02. The fourth-order valence-corrected chi connectivity index (χ4v) is 2.01. The smallest absolute Gasteiger partial charge is 0.409 e. The van der Waals surface area contributed by atoms with E-state index in [0.29, 0.717) is 10.9 Å². The molecule has 0 fully saturated rings. The van der Waals surface area contributed by atoms with Crippen LogP contribution in [0.4, 0.5) is 5.88 Å². The summed E-state index contributed by atoms with van der Waals surface area (Å²) in [5, 5.41) is 11.8. The highest BCUT2D eigenvalue weighted by Crippen LogP contribution is 2.31. The Labute approximate surface area is 111 Å². The molecular weight excluding hydrogens is 270 g/mol. The van der Waals surface area contributed by atoms with Crippen LogP contribution in [0.3, 0.4) is 0 Å². The van der Waals surface area contributed by atoms with Crippen LogP contribution in [0, 0.1) is 10.1 Å². The van der Waals surface area contributed by atoms with E-state index in [1.54, 1.807) is 18.2 Å². The topological polar surface area (TPSA) is 82.1 Å². The van der Waals surface area contributed by atoms with Gasteiger partial charge < -0.3 is 4.42 Å². The van der Waals surface area contributed by atoms with Crippen LogP contribution in [0.1, 0.15) is 0 Å². The number of furan rings is 1. The molecule has 3 aromatic rings. The van der Waals surface area contributed by atoms with Gasteiger partial charge in [-0.05, 0) is 18.2 Å². The Kier molecular flexibility index (Phi) is 2.64. The second-order valence-electron chi connectivity index (χ2n) is 3.75. The summed E-state index contributed by atoms with van der Waals surface area (Å²) in [6.07, 6.45) is 1.22. The number of hydrogen-bond acceptors (Lipinski definition) is 5. The van der Waals surface area contributed by atoms with E-state index in [4.69, 9.17) is 16.0 Å². The molecule has 7 heteroatoms. The Morgan fingerprint density at radius 3 is 2.79 bits per heavy atom. The zero-order valence-electron chi connectivity index (χ0n) is 9.41. The first kappa shape index (κ1) is 11.6. The van der Waals surface area contributed by atoms with Crippen LogP contribution in [0.25, 0.3) is 22.3 Å². The van der Waals surface area contributed by atoms with Crippen LogP contribution in [0.15, 0.2) is 41.0 Å². The van der Waals surface area contributed by atoms with Gasteiger partial charge in [0, 0.05) is 5.39 Å². The molecule has 0 radical (unpaired) electrons. The highest BCUT2D eigenvalue weighted by molar-refractivity contribution is 6.34. The van der Waals surface area contributed by atoms with Gasteiger partial charge in [0.05, 0.1) is 11.8 Å². The summed E-state index contributed by atoms with van der Waals surface area (Å²) in [6.45, 7) is 0. The number of nitrogens with zero attached hydrogens (tertiary/aromatic N) is 3. The van der Waals surface area contributed by atoms with Gasteiger partial charge in [-0.25, -0.2) is 9.97 Å². The van der Waals surface area contributed by atoms with Crippen LogP contribution in [0.2, 0.25) is 5.15 Å². The Hall–Kier alpha value is -2.47. The Bertz CT molecular complexity index is 785. The summed E-state index contributed by atoms with van der Waals surface area (Å²) in [6, 6.07) is 8.61. The summed E-state index contributed by atoms with van der Waals surface area (Å²) in [5.74, 6) is -0.226. The van der Waals surface area contributed by atoms with Crippen LogP contribution in [0.5, 0.6) is 0 Å². The SMILES string of the molecule is O=[N+]([O-])c1occc1-c1nc(Cl)c2ccccc2n1. The number of aromatic nitrogens is 2. The lowest BCUT2D eigenvalue weighted by Crippen LogP contribution is -1.94. The maximum Gasteiger partial charge on any atom is 0.444 e. The minimum atomic E-state index is -0.623. The maximum absolute atomic E-state index is 10.8. The molecule has 1 aromatic carbocycles. The largest absolute Gasteiger partial charge is 0.444 e. The van der Waals surface area contributed by atoms with Crippen molar-refractivity contribution in [3.63, 3.8) is 0 Å². The van der Waals surface area contributed by atoms with E-state index in [1.807, 2.05) is 6.07 Å². The van der Waals surface area contributed by atoms with E-state index in [1.165, 1.54) is 12.3 Å². The number of hydrogen-bond donors (Lipinski definition) is 0. The number of para-hydroxylation sites is 1. The van der Waals surface area contributed by atoms with Gasteiger partial charge in [-0.1, -0.05) is 23.7 Å². The fraction of sp³-hybridized carbons (Fsp3) is 0. The second-order valence-corrected chi connectivity index (χ2v) is 4.11. The predicted molar refractivity (Wildman–Crippen MR) is 68.9 cm³/mol. The molecule has 0 amide bonds. The van der Waals surface area contributed by atoms with Crippen molar-refractivity contribution < 1.29 is 9.34 Å². The Morgan fingerprint density at radius 2 is 2.00 bits per heavy atom. The van der Waals surface area contributed by atoms with Crippen molar-refractivity contribution in [2.24, 2.45) is 0 Å². The van der Waals surface area contributed by atoms with E-state index >= 15 is 0 Å². The summed E-state index contributed by atoms with van der Waals surface area (Å²) in [7, 11) is 0. The van der Waals surface area contributed by atoms with Gasteiger partial charge >= 0.3 is 5.88 Å². The van der Waals surface area contributed by atoms with E-state index < -0.39 is 10.8 Å². The van der Waals surface area contributed by atoms with Gasteiger partial charge in [0.25, 0.3) is 0 Å². The molecule has 0 unspecified atom stereocenters. The van der Waals surface area contributed by atoms with Crippen molar-refractivity contribution in [1.82, 2.24) is 9.97 Å². The number of rotatable bonds is 2.